The van der Waals surface area contributed by atoms with Gasteiger partial charge in [0.1, 0.15) is 0 Å². The van der Waals surface area contributed by atoms with E-state index in [1.54, 1.807) is 0 Å². The van der Waals surface area contributed by atoms with Gasteiger partial charge in [-0.15, -0.1) is 0 Å². The molecule has 0 aliphatic heterocycles. The van der Waals surface area contributed by atoms with Gasteiger partial charge in [0.05, 0.1) is 5.75 Å². The monoisotopic (exact) mass is 339 g/mol. The summed E-state index contributed by atoms with van der Waals surface area (Å²) in [5.41, 5.74) is 0.836. The lowest BCUT2D eigenvalue weighted by Gasteiger charge is -2.07. The highest BCUT2D eigenvalue weighted by Gasteiger charge is 2.09. The van der Waals surface area contributed by atoms with Crippen molar-refractivity contribution in [2.24, 2.45) is 0 Å². The normalized spacial score (nSPS) is 11.7. The average molecular weight is 340 g/mol. The van der Waals surface area contributed by atoms with Gasteiger partial charge in [-0.2, -0.15) is 0 Å². The molecular formula is C19H33NO2S. The summed E-state index contributed by atoms with van der Waals surface area (Å²) < 4.78 is 26.6. The first-order chi connectivity index (χ1) is 11.1. The molecule has 0 heterocycles. The number of hydrogen-bond donors (Lipinski definition) is 1. The maximum Gasteiger partial charge on any atom is 0.215 e. The van der Waals surface area contributed by atoms with Crippen LogP contribution >= 0.6 is 0 Å². The fourth-order valence-electron chi connectivity index (χ4n) is 2.68. The third kappa shape index (κ3) is 11.3. The Morgan fingerprint density at radius 3 is 1.87 bits per heavy atom. The van der Waals surface area contributed by atoms with Crippen LogP contribution in [0.5, 0.6) is 0 Å². The van der Waals surface area contributed by atoms with Gasteiger partial charge in [0.2, 0.25) is 10.0 Å². The van der Waals surface area contributed by atoms with Crippen LogP contribution in [0.3, 0.4) is 0 Å². The molecule has 4 heteroatoms. The van der Waals surface area contributed by atoms with Crippen molar-refractivity contribution >= 4 is 10.0 Å². The minimum Gasteiger partial charge on any atom is -0.215 e. The van der Waals surface area contributed by atoms with E-state index in [1.807, 2.05) is 30.3 Å². The third-order valence-electron chi connectivity index (χ3n) is 4.05. The van der Waals surface area contributed by atoms with E-state index in [2.05, 4.69) is 11.6 Å². The Hall–Kier alpha value is -0.870. The van der Waals surface area contributed by atoms with Gasteiger partial charge in [-0.1, -0.05) is 95.0 Å². The largest absolute Gasteiger partial charge is 0.215 e. The van der Waals surface area contributed by atoms with E-state index in [0.29, 0.717) is 6.54 Å². The predicted octanol–water partition coefficient (Wildman–Crippen LogP) is 5.03. The summed E-state index contributed by atoms with van der Waals surface area (Å²) in [4.78, 5) is 0. The summed E-state index contributed by atoms with van der Waals surface area (Å²) in [7, 11) is -3.19. The molecule has 0 aromatic heterocycles. The molecule has 1 aromatic carbocycles. The lowest BCUT2D eigenvalue weighted by atomic mass is 10.1. The van der Waals surface area contributed by atoms with Gasteiger partial charge in [-0.3, -0.25) is 0 Å². The van der Waals surface area contributed by atoms with Gasteiger partial charge in [-0.05, 0) is 12.0 Å². The zero-order valence-corrected chi connectivity index (χ0v) is 15.4. The SMILES string of the molecule is CCCCCCCCCCCCNS(=O)(=O)Cc1ccccc1. The number of hydrogen-bond acceptors (Lipinski definition) is 2. The summed E-state index contributed by atoms with van der Waals surface area (Å²) in [5, 5.41) is 0. The molecule has 0 amide bonds. The highest BCUT2D eigenvalue weighted by molar-refractivity contribution is 7.88. The topological polar surface area (TPSA) is 46.2 Å². The van der Waals surface area contributed by atoms with Gasteiger partial charge in [0.15, 0.2) is 0 Å². The van der Waals surface area contributed by atoms with E-state index < -0.39 is 10.0 Å². The van der Waals surface area contributed by atoms with Crippen LogP contribution in [0.15, 0.2) is 30.3 Å². The Morgan fingerprint density at radius 1 is 0.783 bits per heavy atom. The Balaban J connectivity index is 1.98. The van der Waals surface area contributed by atoms with Crippen molar-refractivity contribution in [3.05, 3.63) is 35.9 Å². The molecule has 23 heavy (non-hydrogen) atoms. The molecule has 0 aliphatic rings. The molecule has 0 atom stereocenters. The Morgan fingerprint density at radius 2 is 1.30 bits per heavy atom. The molecule has 0 aliphatic carbocycles. The smallest absolute Gasteiger partial charge is 0.215 e. The Kier molecular flexibility index (Phi) is 11.0. The molecule has 3 nitrogen and oxygen atoms in total. The third-order valence-corrected chi connectivity index (χ3v) is 5.41. The van der Waals surface area contributed by atoms with E-state index in [9.17, 15) is 8.42 Å². The van der Waals surface area contributed by atoms with Crippen LogP contribution in [0.2, 0.25) is 0 Å². The minimum atomic E-state index is -3.19. The van der Waals surface area contributed by atoms with Crippen molar-refractivity contribution in [1.29, 1.82) is 0 Å². The number of benzene rings is 1. The zero-order valence-electron chi connectivity index (χ0n) is 14.6. The number of nitrogens with one attached hydrogen (secondary N) is 1. The fraction of sp³-hybridized carbons (Fsp3) is 0.684. The van der Waals surface area contributed by atoms with Crippen LogP contribution in [0.25, 0.3) is 0 Å². The molecule has 0 saturated heterocycles. The van der Waals surface area contributed by atoms with Crippen molar-refractivity contribution in [3.63, 3.8) is 0 Å². The molecule has 1 rings (SSSR count). The number of sulfonamides is 1. The second-order valence-corrected chi connectivity index (χ2v) is 8.13. The van der Waals surface area contributed by atoms with Crippen molar-refractivity contribution < 1.29 is 8.42 Å². The van der Waals surface area contributed by atoms with Crippen molar-refractivity contribution in [2.45, 2.75) is 76.9 Å². The zero-order chi connectivity index (χ0) is 16.8. The number of unbranched alkanes of at least 4 members (excludes halogenated alkanes) is 9. The van der Waals surface area contributed by atoms with E-state index in [1.165, 1.54) is 51.4 Å². The standard InChI is InChI=1S/C19H33NO2S/c1-2-3-4-5-6-7-8-9-10-14-17-20-23(21,22)18-19-15-12-11-13-16-19/h11-13,15-16,20H,2-10,14,17-18H2,1H3. The van der Waals surface area contributed by atoms with Crippen LogP contribution < -0.4 is 4.72 Å². The van der Waals surface area contributed by atoms with Crippen molar-refractivity contribution in [2.75, 3.05) is 6.54 Å². The Labute approximate surface area is 142 Å². The lowest BCUT2D eigenvalue weighted by molar-refractivity contribution is 0.548. The second-order valence-electron chi connectivity index (χ2n) is 6.32. The summed E-state index contributed by atoms with van der Waals surface area (Å²) in [6, 6.07) is 9.33. The highest BCUT2D eigenvalue weighted by Crippen LogP contribution is 2.10. The molecule has 0 saturated carbocycles. The van der Waals surface area contributed by atoms with E-state index >= 15 is 0 Å². The molecular weight excluding hydrogens is 306 g/mol. The summed E-state index contributed by atoms with van der Waals surface area (Å²) in [6.45, 7) is 2.81. The number of rotatable bonds is 14. The summed E-state index contributed by atoms with van der Waals surface area (Å²) >= 11 is 0. The van der Waals surface area contributed by atoms with E-state index in [-0.39, 0.29) is 5.75 Å². The average Bonchev–Trinajstić information content (AvgIpc) is 2.53. The highest BCUT2D eigenvalue weighted by atomic mass is 32.2. The van der Waals surface area contributed by atoms with Crippen LogP contribution in [0.4, 0.5) is 0 Å². The molecule has 1 aromatic rings. The second kappa shape index (κ2) is 12.5. The first kappa shape index (κ1) is 20.2. The Bertz CT molecular complexity index is 485. The molecule has 0 spiro atoms. The lowest BCUT2D eigenvalue weighted by Crippen LogP contribution is -2.26. The maximum absolute atomic E-state index is 11.9. The van der Waals surface area contributed by atoms with Gasteiger partial charge in [-0.25, -0.2) is 13.1 Å². The van der Waals surface area contributed by atoms with Gasteiger partial charge in [0.25, 0.3) is 0 Å². The molecule has 132 valence electrons. The summed E-state index contributed by atoms with van der Waals surface area (Å²) in [5.74, 6) is 0.0750. The molecule has 0 fully saturated rings. The maximum atomic E-state index is 11.9. The first-order valence-corrected chi connectivity index (χ1v) is 10.8. The van der Waals surface area contributed by atoms with Crippen molar-refractivity contribution in [1.82, 2.24) is 4.72 Å². The van der Waals surface area contributed by atoms with E-state index in [0.717, 1.165) is 18.4 Å². The fourth-order valence-corrected chi connectivity index (χ4v) is 3.87. The van der Waals surface area contributed by atoms with Crippen molar-refractivity contribution in [3.8, 4) is 0 Å². The van der Waals surface area contributed by atoms with Crippen LogP contribution in [0, 0.1) is 0 Å². The van der Waals surface area contributed by atoms with E-state index in [4.69, 9.17) is 0 Å². The van der Waals surface area contributed by atoms with Crippen LogP contribution in [-0.2, 0) is 15.8 Å². The van der Waals surface area contributed by atoms with Gasteiger partial charge < -0.3 is 0 Å². The quantitative estimate of drug-likeness (QED) is 0.483. The molecule has 0 unspecified atom stereocenters. The molecule has 0 bridgehead atoms. The van der Waals surface area contributed by atoms with Gasteiger partial charge in [0, 0.05) is 6.54 Å². The first-order valence-electron chi connectivity index (χ1n) is 9.15. The van der Waals surface area contributed by atoms with Crippen LogP contribution in [-0.4, -0.2) is 15.0 Å². The minimum absolute atomic E-state index is 0.0750. The predicted molar refractivity (Wildman–Crippen MR) is 98.9 cm³/mol. The van der Waals surface area contributed by atoms with Crippen LogP contribution in [0.1, 0.15) is 76.7 Å². The molecule has 0 radical (unpaired) electrons. The molecule has 1 N–H and O–H groups in total. The summed E-state index contributed by atoms with van der Waals surface area (Å²) in [6.07, 6.45) is 12.6. The van der Waals surface area contributed by atoms with Gasteiger partial charge >= 0.3 is 0 Å².